The van der Waals surface area contributed by atoms with Gasteiger partial charge in [0.15, 0.2) is 0 Å². The molecular formula is C24H26ClF4N3O. The maximum absolute atomic E-state index is 13.9. The van der Waals surface area contributed by atoms with Crippen molar-refractivity contribution in [1.29, 1.82) is 5.26 Å². The zero-order valence-corrected chi connectivity index (χ0v) is 19.2. The summed E-state index contributed by atoms with van der Waals surface area (Å²) in [7, 11) is 0. The van der Waals surface area contributed by atoms with Gasteiger partial charge in [0, 0.05) is 37.3 Å². The number of nitrogens with one attached hydrogen (secondary N) is 1. The number of carbonyl (C=O) groups is 1. The van der Waals surface area contributed by atoms with Crippen molar-refractivity contribution in [3.05, 3.63) is 63.9 Å². The van der Waals surface area contributed by atoms with E-state index in [-0.39, 0.29) is 35.2 Å². The van der Waals surface area contributed by atoms with Gasteiger partial charge in [-0.3, -0.25) is 0 Å². The van der Waals surface area contributed by atoms with Crippen molar-refractivity contribution in [1.82, 2.24) is 5.32 Å². The Bertz CT molecular complexity index is 987. The normalized spacial score (nSPS) is 12.5. The summed E-state index contributed by atoms with van der Waals surface area (Å²) in [6.07, 6.45) is -2.26. The van der Waals surface area contributed by atoms with E-state index in [0.717, 1.165) is 25.0 Å². The van der Waals surface area contributed by atoms with Gasteiger partial charge in [-0.1, -0.05) is 25.4 Å². The first-order valence-electron chi connectivity index (χ1n) is 10.6. The Balaban J connectivity index is 2.55. The molecular weight excluding hydrogens is 458 g/mol. The van der Waals surface area contributed by atoms with Crippen molar-refractivity contribution in [3.63, 3.8) is 0 Å². The Morgan fingerprint density at radius 1 is 1.18 bits per heavy atom. The molecule has 2 rings (SSSR count). The summed E-state index contributed by atoms with van der Waals surface area (Å²) in [6.45, 7) is 4.03. The second kappa shape index (κ2) is 12.0. The summed E-state index contributed by atoms with van der Waals surface area (Å²) in [5, 5.41) is 12.6. The summed E-state index contributed by atoms with van der Waals surface area (Å²) >= 11 is 6.19. The molecule has 0 aliphatic heterocycles. The molecule has 0 radical (unpaired) electrons. The average Bonchev–Trinajstić information content (AvgIpc) is 2.76. The van der Waals surface area contributed by atoms with Crippen LogP contribution >= 0.6 is 11.6 Å². The number of benzene rings is 2. The van der Waals surface area contributed by atoms with Crippen molar-refractivity contribution >= 4 is 23.6 Å². The largest absolute Gasteiger partial charge is 0.416 e. The molecule has 0 aliphatic rings. The van der Waals surface area contributed by atoms with Crippen molar-refractivity contribution in [2.75, 3.05) is 11.4 Å². The van der Waals surface area contributed by atoms with Crippen molar-refractivity contribution < 1.29 is 22.4 Å². The van der Waals surface area contributed by atoms with Crippen molar-refractivity contribution in [2.24, 2.45) is 0 Å². The molecule has 0 unspecified atom stereocenters. The number of aldehydes is 1. The predicted molar refractivity (Wildman–Crippen MR) is 121 cm³/mol. The van der Waals surface area contributed by atoms with Crippen LogP contribution in [0.15, 0.2) is 36.4 Å². The van der Waals surface area contributed by atoms with Gasteiger partial charge >= 0.3 is 6.18 Å². The Morgan fingerprint density at radius 3 is 2.42 bits per heavy atom. The third-order valence-corrected chi connectivity index (χ3v) is 5.87. The number of rotatable bonds is 11. The van der Waals surface area contributed by atoms with Gasteiger partial charge in [0.1, 0.15) is 18.2 Å². The number of alkyl halides is 3. The highest BCUT2D eigenvalue weighted by Crippen LogP contribution is 2.35. The standard InChI is InChI=1S/C24H26ClF4N3O/c1-3-19(4-2)31-14-21(9-10-33)32(20-7-5-16(13-30)23(25)12-20)15-17-11-18(26)6-8-22(17)24(27,28)29/h5-8,10-12,19,21,31H,3-4,9,14-15H2,1-2H3/t21-/m0/s1. The lowest BCUT2D eigenvalue weighted by molar-refractivity contribution is -0.138. The van der Waals surface area contributed by atoms with Crippen LogP contribution in [0.3, 0.4) is 0 Å². The minimum Gasteiger partial charge on any atom is -0.362 e. The molecule has 1 N–H and O–H groups in total. The molecule has 4 nitrogen and oxygen atoms in total. The molecule has 0 fully saturated rings. The SMILES string of the molecule is CCC(CC)NC[C@H](CC=O)N(Cc1cc(F)ccc1C(F)(F)F)c1ccc(C#N)c(Cl)c1. The number of carbonyl (C=O) groups excluding carboxylic acids is 1. The number of nitrogens with zero attached hydrogens (tertiary/aromatic N) is 2. The topological polar surface area (TPSA) is 56.1 Å². The van der Waals surface area contributed by atoms with E-state index in [9.17, 15) is 22.4 Å². The van der Waals surface area contributed by atoms with Crippen LogP contribution in [0.5, 0.6) is 0 Å². The van der Waals surface area contributed by atoms with Crippen LogP contribution in [0.25, 0.3) is 0 Å². The third kappa shape index (κ3) is 7.18. The molecule has 1 atom stereocenters. The number of halogens is 5. The Labute approximate surface area is 196 Å². The van der Waals surface area contributed by atoms with E-state index in [0.29, 0.717) is 24.6 Å². The highest BCUT2D eigenvalue weighted by atomic mass is 35.5. The van der Waals surface area contributed by atoms with E-state index < -0.39 is 23.6 Å². The fraction of sp³-hybridized carbons (Fsp3) is 0.417. The van der Waals surface area contributed by atoms with Gasteiger partial charge in [-0.25, -0.2) is 4.39 Å². The first kappa shape index (κ1) is 26.6. The van der Waals surface area contributed by atoms with Gasteiger partial charge in [-0.2, -0.15) is 18.4 Å². The van der Waals surface area contributed by atoms with E-state index in [1.54, 1.807) is 11.0 Å². The van der Waals surface area contributed by atoms with Gasteiger partial charge < -0.3 is 15.0 Å². The minimum atomic E-state index is -4.68. The first-order valence-corrected chi connectivity index (χ1v) is 11.0. The van der Waals surface area contributed by atoms with E-state index in [1.165, 1.54) is 12.1 Å². The second-order valence-corrected chi connectivity index (χ2v) is 8.09. The minimum absolute atomic E-state index is 0.0292. The average molecular weight is 484 g/mol. The molecule has 0 amide bonds. The van der Waals surface area contributed by atoms with Crippen LogP contribution < -0.4 is 10.2 Å². The molecule has 0 aromatic heterocycles. The van der Waals surface area contributed by atoms with Gasteiger partial charge in [0.05, 0.1) is 16.1 Å². The smallest absolute Gasteiger partial charge is 0.362 e. The molecule has 2 aromatic rings. The van der Waals surface area contributed by atoms with Gasteiger partial charge in [0.25, 0.3) is 0 Å². The van der Waals surface area contributed by atoms with Crippen molar-refractivity contribution in [2.45, 2.75) is 57.9 Å². The summed E-state index contributed by atoms with van der Waals surface area (Å²) in [5.74, 6) is -0.794. The number of hydrogen-bond donors (Lipinski definition) is 1. The predicted octanol–water partition coefficient (Wildman–Crippen LogP) is 6.11. The number of hydrogen-bond acceptors (Lipinski definition) is 4. The summed E-state index contributed by atoms with van der Waals surface area (Å²) in [4.78, 5) is 13.1. The van der Waals surface area contributed by atoms with E-state index >= 15 is 0 Å². The van der Waals surface area contributed by atoms with E-state index in [2.05, 4.69) is 5.32 Å². The van der Waals surface area contributed by atoms with Crippen LogP contribution in [0.2, 0.25) is 5.02 Å². The van der Waals surface area contributed by atoms with Crippen LogP contribution in [0.4, 0.5) is 23.2 Å². The Hall–Kier alpha value is -2.63. The van der Waals surface area contributed by atoms with Crippen LogP contribution in [-0.4, -0.2) is 24.9 Å². The molecule has 0 heterocycles. The lowest BCUT2D eigenvalue weighted by atomic mass is 10.0. The maximum Gasteiger partial charge on any atom is 0.416 e. The first-order chi connectivity index (χ1) is 15.6. The van der Waals surface area contributed by atoms with Gasteiger partial charge in [-0.15, -0.1) is 0 Å². The number of anilines is 1. The summed E-state index contributed by atoms with van der Waals surface area (Å²) in [6, 6.07) is 8.42. The van der Waals surface area contributed by atoms with Gasteiger partial charge in [-0.05, 0) is 54.8 Å². The zero-order chi connectivity index (χ0) is 24.6. The summed E-state index contributed by atoms with van der Waals surface area (Å²) in [5.41, 5.74) is -0.577. The summed E-state index contributed by atoms with van der Waals surface area (Å²) < 4.78 is 54.8. The fourth-order valence-corrected chi connectivity index (χ4v) is 3.89. The van der Waals surface area contributed by atoms with Crippen molar-refractivity contribution in [3.8, 4) is 6.07 Å². The maximum atomic E-state index is 13.9. The van der Waals surface area contributed by atoms with Crippen LogP contribution in [0, 0.1) is 17.1 Å². The molecule has 0 bridgehead atoms. The zero-order valence-electron chi connectivity index (χ0n) is 18.4. The van der Waals surface area contributed by atoms with E-state index in [1.807, 2.05) is 19.9 Å². The molecule has 0 saturated carbocycles. The highest BCUT2D eigenvalue weighted by molar-refractivity contribution is 6.32. The second-order valence-electron chi connectivity index (χ2n) is 7.68. The quantitative estimate of drug-likeness (QED) is 0.309. The molecule has 178 valence electrons. The monoisotopic (exact) mass is 483 g/mol. The Kier molecular flexibility index (Phi) is 9.69. The van der Waals surface area contributed by atoms with Crippen LogP contribution in [0.1, 0.15) is 49.8 Å². The van der Waals surface area contributed by atoms with Crippen LogP contribution in [-0.2, 0) is 17.5 Å². The number of nitriles is 1. The lowest BCUT2D eigenvalue weighted by Crippen LogP contribution is -2.45. The molecule has 33 heavy (non-hydrogen) atoms. The Morgan fingerprint density at radius 2 is 1.88 bits per heavy atom. The molecule has 0 aliphatic carbocycles. The third-order valence-electron chi connectivity index (χ3n) is 5.55. The van der Waals surface area contributed by atoms with E-state index in [4.69, 9.17) is 16.9 Å². The molecule has 9 heteroatoms. The molecule has 0 saturated heterocycles. The fourth-order valence-electron chi connectivity index (χ4n) is 3.67. The van der Waals surface area contributed by atoms with Gasteiger partial charge in [0.2, 0.25) is 0 Å². The lowest BCUT2D eigenvalue weighted by Gasteiger charge is -2.35. The molecule has 0 spiro atoms. The molecule has 2 aromatic carbocycles. The highest BCUT2D eigenvalue weighted by Gasteiger charge is 2.34.